The first kappa shape index (κ1) is 18.5. The maximum atomic E-state index is 7.99. The zero-order valence-electron chi connectivity index (χ0n) is 23.2. The molecule has 0 saturated carbocycles. The molecule has 0 saturated heterocycles. The van der Waals surface area contributed by atoms with Crippen molar-refractivity contribution in [1.29, 1.82) is 0 Å². The Hall–Kier alpha value is -4.77. The summed E-state index contributed by atoms with van der Waals surface area (Å²) in [6, 6.07) is 26.3. The maximum Gasteiger partial charge on any atom is 0.137 e. The third-order valence-electron chi connectivity index (χ3n) is 6.89. The SMILES string of the molecule is [2H]C([2H])([2H])N1C=C(c2cccc(Oc3ccc4c5ccc(C)cc5n(-c5ccccn5)c4c3)c2)N2C=CC=CC21. The third-order valence-corrected chi connectivity index (χ3v) is 6.89. The zero-order chi connectivity index (χ0) is 27.4. The van der Waals surface area contributed by atoms with E-state index in [-0.39, 0.29) is 0 Å². The van der Waals surface area contributed by atoms with Crippen LogP contribution in [-0.2, 0) is 0 Å². The molecule has 5 heteroatoms. The van der Waals surface area contributed by atoms with Crippen LogP contribution in [0, 0.1) is 6.92 Å². The topological polar surface area (TPSA) is 33.5 Å². The van der Waals surface area contributed by atoms with Crippen LogP contribution in [0.15, 0.2) is 116 Å². The number of aromatic nitrogens is 2. The van der Waals surface area contributed by atoms with Crippen LogP contribution in [0.4, 0.5) is 0 Å². The van der Waals surface area contributed by atoms with Gasteiger partial charge in [0, 0.05) is 52.1 Å². The summed E-state index contributed by atoms with van der Waals surface area (Å²) in [7, 11) is 0. The Kier molecular flexibility index (Phi) is 4.21. The van der Waals surface area contributed by atoms with E-state index in [1.165, 1.54) is 10.5 Å². The molecule has 180 valence electrons. The molecular formula is C32H26N4O. The summed E-state index contributed by atoms with van der Waals surface area (Å²) < 4.78 is 32.5. The molecule has 0 radical (unpaired) electrons. The van der Waals surface area contributed by atoms with Gasteiger partial charge in [-0.3, -0.25) is 4.57 Å². The van der Waals surface area contributed by atoms with E-state index in [9.17, 15) is 0 Å². The second-order valence-corrected chi connectivity index (χ2v) is 9.32. The van der Waals surface area contributed by atoms with Crippen molar-refractivity contribution in [1.82, 2.24) is 19.4 Å². The molecule has 4 heterocycles. The van der Waals surface area contributed by atoms with Crippen LogP contribution in [0.1, 0.15) is 15.2 Å². The lowest BCUT2D eigenvalue weighted by Gasteiger charge is -2.29. The van der Waals surface area contributed by atoms with Crippen LogP contribution < -0.4 is 4.74 Å². The lowest BCUT2D eigenvalue weighted by molar-refractivity contribution is 0.282. The Balaban J connectivity index is 1.28. The van der Waals surface area contributed by atoms with Gasteiger partial charge in [-0.1, -0.05) is 36.4 Å². The second kappa shape index (κ2) is 8.42. The van der Waals surface area contributed by atoms with Gasteiger partial charge in [0.15, 0.2) is 0 Å². The summed E-state index contributed by atoms with van der Waals surface area (Å²) in [6.07, 6.45) is 10.7. The average molecular weight is 486 g/mol. The number of likely N-dealkylation sites (N-methyl/N-ethyl adjacent to an activating group) is 1. The molecule has 0 spiro atoms. The first-order chi connectivity index (χ1) is 19.4. The number of allylic oxidation sites excluding steroid dienone is 2. The highest BCUT2D eigenvalue weighted by atomic mass is 16.5. The molecular weight excluding hydrogens is 456 g/mol. The molecule has 2 aliphatic heterocycles. The maximum absolute atomic E-state index is 7.99. The van der Waals surface area contributed by atoms with Crippen LogP contribution >= 0.6 is 0 Å². The van der Waals surface area contributed by atoms with E-state index in [0.717, 1.165) is 38.9 Å². The van der Waals surface area contributed by atoms with Crippen LogP contribution in [0.2, 0.25) is 0 Å². The molecule has 37 heavy (non-hydrogen) atoms. The number of fused-ring (bicyclic) bond motifs is 4. The van der Waals surface area contributed by atoms with E-state index in [0.29, 0.717) is 11.5 Å². The fourth-order valence-corrected chi connectivity index (χ4v) is 5.19. The summed E-state index contributed by atoms with van der Waals surface area (Å²) in [5, 5.41) is 2.28. The quantitative estimate of drug-likeness (QED) is 0.269. The highest BCUT2D eigenvalue weighted by Gasteiger charge is 2.28. The average Bonchev–Trinajstić information content (AvgIpc) is 3.49. The van der Waals surface area contributed by atoms with Crippen LogP contribution in [0.25, 0.3) is 33.3 Å². The van der Waals surface area contributed by atoms with Gasteiger partial charge in [-0.05, 0) is 67.1 Å². The van der Waals surface area contributed by atoms with Crippen LogP contribution in [0.3, 0.4) is 0 Å². The zero-order valence-corrected chi connectivity index (χ0v) is 20.2. The predicted octanol–water partition coefficient (Wildman–Crippen LogP) is 7.23. The van der Waals surface area contributed by atoms with Crippen molar-refractivity contribution in [3.05, 3.63) is 127 Å². The van der Waals surface area contributed by atoms with Crippen molar-refractivity contribution < 1.29 is 8.85 Å². The summed E-state index contributed by atoms with van der Waals surface area (Å²) in [5.41, 5.74) is 4.95. The summed E-state index contributed by atoms with van der Waals surface area (Å²) in [4.78, 5) is 8.00. The number of aryl methyl sites for hydroxylation is 1. The van der Waals surface area contributed by atoms with E-state index >= 15 is 0 Å². The molecule has 0 amide bonds. The number of nitrogens with zero attached hydrogens (tertiary/aromatic N) is 4. The lowest BCUT2D eigenvalue weighted by Crippen LogP contribution is -2.33. The van der Waals surface area contributed by atoms with Crippen molar-refractivity contribution >= 4 is 27.5 Å². The molecule has 0 N–H and O–H groups in total. The van der Waals surface area contributed by atoms with Crippen molar-refractivity contribution in [2.45, 2.75) is 13.1 Å². The van der Waals surface area contributed by atoms with E-state index in [4.69, 9.17) is 8.85 Å². The molecule has 5 aromatic rings. The first-order valence-corrected chi connectivity index (χ1v) is 12.2. The minimum Gasteiger partial charge on any atom is -0.457 e. The largest absolute Gasteiger partial charge is 0.457 e. The predicted molar refractivity (Wildman–Crippen MR) is 149 cm³/mol. The Labute approximate surface area is 220 Å². The van der Waals surface area contributed by atoms with Crippen LogP contribution in [0.5, 0.6) is 11.5 Å². The number of ether oxygens (including phenoxy) is 1. The Bertz CT molecular complexity index is 1850. The first-order valence-electron chi connectivity index (χ1n) is 13.7. The monoisotopic (exact) mass is 485 g/mol. The van der Waals surface area contributed by atoms with Gasteiger partial charge in [0.2, 0.25) is 0 Å². The summed E-state index contributed by atoms with van der Waals surface area (Å²) in [5.74, 6) is 2.21. The normalized spacial score (nSPS) is 18.0. The second-order valence-electron chi connectivity index (χ2n) is 9.32. The van der Waals surface area contributed by atoms with Gasteiger partial charge >= 0.3 is 0 Å². The standard InChI is InChI=1S/C32H26N4O/c1-22-12-14-26-27-15-13-25(20-29(27)36(28(26)18-22)31-10-3-5-16-33-31)37-24-9-7-8-23(19-24)30-21-34(2)32-11-4-6-17-35(30)32/h3-21,32H,1-2H3/i2D3. The van der Waals surface area contributed by atoms with Crippen molar-refractivity contribution in [3.8, 4) is 17.3 Å². The van der Waals surface area contributed by atoms with Gasteiger partial charge in [0.25, 0.3) is 0 Å². The molecule has 2 aromatic heterocycles. The molecule has 1 unspecified atom stereocenters. The third kappa shape index (κ3) is 3.59. The summed E-state index contributed by atoms with van der Waals surface area (Å²) >= 11 is 0. The molecule has 5 nitrogen and oxygen atoms in total. The highest BCUT2D eigenvalue weighted by Crippen LogP contribution is 2.37. The van der Waals surface area contributed by atoms with Gasteiger partial charge in [0.1, 0.15) is 23.5 Å². The van der Waals surface area contributed by atoms with Crippen LogP contribution in [-0.4, -0.2) is 32.5 Å². The Morgan fingerprint density at radius 1 is 0.865 bits per heavy atom. The Morgan fingerprint density at radius 2 is 1.73 bits per heavy atom. The minimum absolute atomic E-state index is 0.392. The lowest BCUT2D eigenvalue weighted by atomic mass is 10.1. The number of benzene rings is 3. The van der Waals surface area contributed by atoms with Gasteiger partial charge in [-0.2, -0.15) is 0 Å². The summed E-state index contributed by atoms with van der Waals surface area (Å²) in [6.45, 7) is -0.162. The Morgan fingerprint density at radius 3 is 2.59 bits per heavy atom. The van der Waals surface area contributed by atoms with Gasteiger partial charge in [-0.25, -0.2) is 4.98 Å². The number of hydrogen-bond acceptors (Lipinski definition) is 4. The fraction of sp³-hybridized carbons (Fsp3) is 0.0938. The van der Waals surface area contributed by atoms with E-state index in [2.05, 4.69) is 40.7 Å². The number of rotatable bonds is 4. The molecule has 0 bridgehead atoms. The van der Waals surface area contributed by atoms with E-state index < -0.39 is 13.1 Å². The number of hydrogen-bond donors (Lipinski definition) is 0. The smallest absolute Gasteiger partial charge is 0.137 e. The number of pyridine rings is 1. The van der Waals surface area contributed by atoms with E-state index in [1.54, 1.807) is 12.4 Å². The molecule has 7 rings (SSSR count). The van der Waals surface area contributed by atoms with Crippen molar-refractivity contribution in [2.24, 2.45) is 0 Å². The molecule has 3 aromatic carbocycles. The van der Waals surface area contributed by atoms with Crippen molar-refractivity contribution in [2.75, 3.05) is 6.98 Å². The van der Waals surface area contributed by atoms with E-state index in [1.807, 2.05) is 83.9 Å². The molecule has 0 aliphatic carbocycles. The van der Waals surface area contributed by atoms with Gasteiger partial charge in [0.05, 0.1) is 16.7 Å². The van der Waals surface area contributed by atoms with Gasteiger partial charge < -0.3 is 14.5 Å². The highest BCUT2D eigenvalue weighted by molar-refractivity contribution is 6.09. The van der Waals surface area contributed by atoms with Gasteiger partial charge in [-0.15, -0.1) is 0 Å². The van der Waals surface area contributed by atoms with Crippen molar-refractivity contribution in [3.63, 3.8) is 0 Å². The molecule has 2 aliphatic rings. The molecule has 0 fully saturated rings. The molecule has 1 atom stereocenters. The minimum atomic E-state index is -2.26. The fourth-order valence-electron chi connectivity index (χ4n) is 5.19.